The highest BCUT2D eigenvalue weighted by atomic mass is 127. The van der Waals surface area contributed by atoms with E-state index >= 15 is 0 Å². The molecule has 0 aliphatic heterocycles. The van der Waals surface area contributed by atoms with Crippen LogP contribution in [-0.2, 0) is 14.8 Å². The topological polar surface area (TPSA) is 66.5 Å². The SMILES string of the molecule is Cc1ccc(N(CC(=O)Nc2ccc(I)cc2)S(=O)(=O)c2ccccc2)cc1Cl. The number of amides is 1. The van der Waals surface area contributed by atoms with Crippen molar-refractivity contribution in [3.63, 3.8) is 0 Å². The van der Waals surface area contributed by atoms with Crippen LogP contribution in [0.5, 0.6) is 0 Å². The Bertz CT molecular complexity index is 1120. The summed E-state index contributed by atoms with van der Waals surface area (Å²) in [5, 5.41) is 3.16. The number of rotatable bonds is 6. The minimum absolute atomic E-state index is 0.0961. The molecule has 0 aliphatic rings. The molecule has 3 rings (SSSR count). The summed E-state index contributed by atoms with van der Waals surface area (Å²) in [6.07, 6.45) is 0. The van der Waals surface area contributed by atoms with E-state index in [-0.39, 0.29) is 11.4 Å². The molecule has 0 radical (unpaired) electrons. The molecule has 1 N–H and O–H groups in total. The van der Waals surface area contributed by atoms with E-state index in [4.69, 9.17) is 11.6 Å². The number of carbonyl (C=O) groups is 1. The van der Waals surface area contributed by atoms with Crippen LogP contribution < -0.4 is 9.62 Å². The van der Waals surface area contributed by atoms with E-state index in [1.165, 1.54) is 12.1 Å². The predicted octanol–water partition coefficient (Wildman–Crippen LogP) is 5.09. The highest BCUT2D eigenvalue weighted by molar-refractivity contribution is 14.1. The molecular weight excluding hydrogens is 523 g/mol. The van der Waals surface area contributed by atoms with Gasteiger partial charge in [-0.25, -0.2) is 8.42 Å². The first-order valence-electron chi connectivity index (χ1n) is 8.67. The lowest BCUT2D eigenvalue weighted by Gasteiger charge is -2.24. The zero-order valence-corrected chi connectivity index (χ0v) is 19.2. The van der Waals surface area contributed by atoms with Crippen molar-refractivity contribution in [1.29, 1.82) is 0 Å². The average molecular weight is 541 g/mol. The Hall–Kier alpha value is -2.10. The fourth-order valence-electron chi connectivity index (χ4n) is 2.64. The van der Waals surface area contributed by atoms with Gasteiger partial charge in [-0.1, -0.05) is 35.9 Å². The maximum absolute atomic E-state index is 13.3. The maximum Gasteiger partial charge on any atom is 0.264 e. The molecule has 8 heteroatoms. The van der Waals surface area contributed by atoms with Gasteiger partial charge in [0, 0.05) is 14.3 Å². The van der Waals surface area contributed by atoms with Gasteiger partial charge in [0.25, 0.3) is 10.0 Å². The number of nitrogens with one attached hydrogen (secondary N) is 1. The van der Waals surface area contributed by atoms with Crippen LogP contribution in [0.2, 0.25) is 5.02 Å². The summed E-state index contributed by atoms with van der Waals surface area (Å²) in [5.41, 5.74) is 1.73. The van der Waals surface area contributed by atoms with Crippen LogP contribution >= 0.6 is 34.2 Å². The Labute approximate surface area is 188 Å². The Morgan fingerprint density at radius 1 is 1.03 bits per heavy atom. The standard InChI is InChI=1S/C21H18ClIN2O3S/c1-15-7-12-18(13-20(15)22)25(29(27,28)19-5-3-2-4-6-19)14-21(26)24-17-10-8-16(23)9-11-17/h2-13H,14H2,1H3,(H,24,26). The van der Waals surface area contributed by atoms with Crippen molar-refractivity contribution in [3.8, 4) is 0 Å². The van der Waals surface area contributed by atoms with Gasteiger partial charge in [-0.3, -0.25) is 9.10 Å². The molecule has 0 aromatic heterocycles. The van der Waals surface area contributed by atoms with Gasteiger partial charge in [0.15, 0.2) is 0 Å². The second-order valence-electron chi connectivity index (χ2n) is 6.31. The lowest BCUT2D eigenvalue weighted by molar-refractivity contribution is -0.114. The molecule has 0 saturated heterocycles. The van der Waals surface area contributed by atoms with E-state index in [0.29, 0.717) is 16.4 Å². The second kappa shape index (κ2) is 9.15. The Morgan fingerprint density at radius 3 is 2.31 bits per heavy atom. The van der Waals surface area contributed by atoms with Gasteiger partial charge in [-0.05, 0) is 83.6 Å². The van der Waals surface area contributed by atoms with Gasteiger partial charge < -0.3 is 5.32 Å². The molecule has 0 fully saturated rings. The largest absolute Gasteiger partial charge is 0.325 e. The third-order valence-corrected chi connectivity index (χ3v) is 7.10. The third kappa shape index (κ3) is 5.29. The van der Waals surface area contributed by atoms with Crippen molar-refractivity contribution < 1.29 is 13.2 Å². The van der Waals surface area contributed by atoms with Gasteiger partial charge in [0.05, 0.1) is 10.6 Å². The van der Waals surface area contributed by atoms with Crippen molar-refractivity contribution in [2.24, 2.45) is 0 Å². The van der Waals surface area contributed by atoms with Crippen LogP contribution in [0.1, 0.15) is 5.56 Å². The normalized spacial score (nSPS) is 11.1. The van der Waals surface area contributed by atoms with E-state index in [0.717, 1.165) is 13.4 Å². The highest BCUT2D eigenvalue weighted by Crippen LogP contribution is 2.28. The summed E-state index contributed by atoms with van der Waals surface area (Å²) in [7, 11) is -3.97. The van der Waals surface area contributed by atoms with Crippen molar-refractivity contribution in [3.05, 3.63) is 87.0 Å². The maximum atomic E-state index is 13.3. The van der Waals surface area contributed by atoms with Crippen LogP contribution in [0, 0.1) is 10.5 Å². The van der Waals surface area contributed by atoms with Crippen LogP contribution in [0.15, 0.2) is 77.7 Å². The first kappa shape index (κ1) is 21.6. The average Bonchev–Trinajstić information content (AvgIpc) is 2.71. The minimum Gasteiger partial charge on any atom is -0.325 e. The van der Waals surface area contributed by atoms with E-state index in [1.54, 1.807) is 48.5 Å². The number of halogens is 2. The first-order chi connectivity index (χ1) is 13.8. The lowest BCUT2D eigenvalue weighted by atomic mass is 10.2. The lowest BCUT2D eigenvalue weighted by Crippen LogP contribution is -2.38. The summed E-state index contributed by atoms with van der Waals surface area (Å²) >= 11 is 8.38. The van der Waals surface area contributed by atoms with Crippen LogP contribution in [0.25, 0.3) is 0 Å². The second-order valence-corrected chi connectivity index (χ2v) is 9.83. The summed E-state index contributed by atoms with van der Waals surface area (Å²) in [6.45, 7) is 1.44. The number of hydrogen-bond donors (Lipinski definition) is 1. The van der Waals surface area contributed by atoms with Crippen molar-refractivity contribution in [1.82, 2.24) is 0 Å². The van der Waals surface area contributed by atoms with Crippen LogP contribution in [-0.4, -0.2) is 20.9 Å². The van der Waals surface area contributed by atoms with E-state index in [9.17, 15) is 13.2 Å². The smallest absolute Gasteiger partial charge is 0.264 e. The summed E-state index contributed by atoms with van der Waals surface area (Å²) < 4.78 is 28.6. The number of aryl methyl sites for hydroxylation is 1. The first-order valence-corrected chi connectivity index (χ1v) is 11.6. The summed E-state index contributed by atoms with van der Waals surface area (Å²) in [5.74, 6) is -0.456. The number of benzene rings is 3. The van der Waals surface area contributed by atoms with Crippen molar-refractivity contribution in [2.75, 3.05) is 16.2 Å². The molecule has 150 valence electrons. The van der Waals surface area contributed by atoms with Crippen LogP contribution in [0.4, 0.5) is 11.4 Å². The molecule has 3 aromatic carbocycles. The third-order valence-electron chi connectivity index (χ3n) is 4.19. The van der Waals surface area contributed by atoms with E-state index in [1.807, 2.05) is 19.1 Å². The molecule has 29 heavy (non-hydrogen) atoms. The fraction of sp³-hybridized carbons (Fsp3) is 0.0952. The number of carbonyl (C=O) groups excluding carboxylic acids is 1. The molecule has 0 atom stereocenters. The van der Waals surface area contributed by atoms with Gasteiger partial charge in [0.1, 0.15) is 6.54 Å². The van der Waals surface area contributed by atoms with Gasteiger partial charge in [-0.2, -0.15) is 0 Å². The molecule has 1 amide bonds. The predicted molar refractivity (Wildman–Crippen MR) is 125 cm³/mol. The monoisotopic (exact) mass is 540 g/mol. The Kier molecular flexibility index (Phi) is 6.81. The quantitative estimate of drug-likeness (QED) is 0.443. The van der Waals surface area contributed by atoms with Gasteiger partial charge >= 0.3 is 0 Å². The molecule has 3 aromatic rings. The number of sulfonamides is 1. The van der Waals surface area contributed by atoms with Crippen molar-refractivity contribution in [2.45, 2.75) is 11.8 Å². The zero-order valence-electron chi connectivity index (χ0n) is 15.5. The Balaban J connectivity index is 1.95. The Morgan fingerprint density at radius 2 is 1.69 bits per heavy atom. The number of hydrogen-bond acceptors (Lipinski definition) is 3. The molecule has 0 bridgehead atoms. The van der Waals surface area contributed by atoms with Crippen molar-refractivity contribution >= 4 is 61.5 Å². The van der Waals surface area contributed by atoms with Gasteiger partial charge in [-0.15, -0.1) is 0 Å². The molecule has 0 heterocycles. The number of anilines is 2. The summed E-state index contributed by atoms with van der Waals surface area (Å²) in [4.78, 5) is 12.8. The van der Waals surface area contributed by atoms with E-state index in [2.05, 4.69) is 27.9 Å². The highest BCUT2D eigenvalue weighted by Gasteiger charge is 2.27. The fourth-order valence-corrected chi connectivity index (χ4v) is 4.60. The van der Waals surface area contributed by atoms with E-state index < -0.39 is 15.9 Å². The molecule has 0 spiro atoms. The summed E-state index contributed by atoms with van der Waals surface area (Å²) in [6, 6.07) is 20.1. The molecule has 0 aliphatic carbocycles. The minimum atomic E-state index is -3.97. The number of nitrogens with zero attached hydrogens (tertiary/aromatic N) is 1. The van der Waals surface area contributed by atoms with Gasteiger partial charge in [0.2, 0.25) is 5.91 Å². The van der Waals surface area contributed by atoms with Crippen LogP contribution in [0.3, 0.4) is 0 Å². The molecule has 0 unspecified atom stereocenters. The molecular formula is C21H18ClIN2O3S. The zero-order chi connectivity index (χ0) is 21.0. The molecule has 5 nitrogen and oxygen atoms in total. The molecule has 0 saturated carbocycles.